The van der Waals surface area contributed by atoms with Crippen molar-refractivity contribution in [3.63, 3.8) is 0 Å². The molecule has 174 valence electrons. The summed E-state index contributed by atoms with van der Waals surface area (Å²) in [6.45, 7) is 3.52. The predicted molar refractivity (Wildman–Crippen MR) is 126 cm³/mol. The molecule has 11 heteroatoms. The molecule has 0 spiro atoms. The highest BCUT2D eigenvalue weighted by Gasteiger charge is 2.31. The molecule has 1 saturated heterocycles. The molecule has 0 aliphatic carbocycles. The third-order valence-electron chi connectivity index (χ3n) is 6.06. The smallest absolute Gasteiger partial charge is 0.260 e. The minimum absolute atomic E-state index is 0.0332. The molecule has 4 rings (SSSR count). The van der Waals surface area contributed by atoms with Crippen LogP contribution in [0.3, 0.4) is 0 Å². The molecule has 1 fully saturated rings. The molecule has 2 aromatic rings. The van der Waals surface area contributed by atoms with E-state index in [0.717, 1.165) is 25.9 Å². The molecule has 1 aromatic carbocycles. The number of aliphatic imine (C=N–C) groups is 1. The number of nitrogens with zero attached hydrogens (tertiary/aromatic N) is 5. The second kappa shape index (κ2) is 9.55. The molecule has 11 nitrogen and oxygen atoms in total. The van der Waals surface area contributed by atoms with Gasteiger partial charge in [0, 0.05) is 24.2 Å². The zero-order chi connectivity index (χ0) is 24.2. The van der Waals surface area contributed by atoms with Crippen LogP contribution in [0.5, 0.6) is 5.75 Å². The summed E-state index contributed by atoms with van der Waals surface area (Å²) in [5.41, 5.74) is 13.4. The molecule has 0 saturated carbocycles. The van der Waals surface area contributed by atoms with Gasteiger partial charge in [-0.05, 0) is 24.8 Å². The van der Waals surface area contributed by atoms with E-state index in [1.807, 2.05) is 17.2 Å². The second-order valence-electron chi connectivity index (χ2n) is 8.29. The molecular formula is C23H25N9O2. The first-order valence-electron chi connectivity index (χ1n) is 10.9. The summed E-state index contributed by atoms with van der Waals surface area (Å²) in [7, 11) is 0. The maximum absolute atomic E-state index is 12.7. The van der Waals surface area contributed by atoms with Crippen molar-refractivity contribution in [3.05, 3.63) is 41.0 Å². The molecule has 6 N–H and O–H groups in total. The first kappa shape index (κ1) is 22.7. The summed E-state index contributed by atoms with van der Waals surface area (Å²) in [5.74, 6) is 1.36. The van der Waals surface area contributed by atoms with Crippen molar-refractivity contribution in [1.82, 2.24) is 15.2 Å². The summed E-state index contributed by atoms with van der Waals surface area (Å²) >= 11 is 0. The van der Waals surface area contributed by atoms with Crippen LogP contribution in [0.25, 0.3) is 0 Å². The average Bonchev–Trinajstić information content (AvgIpc) is 2.83. The lowest BCUT2D eigenvalue weighted by atomic mass is 9.94. The Labute approximate surface area is 197 Å². The Morgan fingerprint density at radius 1 is 1.29 bits per heavy atom. The molecular weight excluding hydrogens is 434 g/mol. The van der Waals surface area contributed by atoms with Crippen LogP contribution < -0.4 is 26.8 Å². The van der Waals surface area contributed by atoms with E-state index in [4.69, 9.17) is 21.5 Å². The number of nitriles is 2. The van der Waals surface area contributed by atoms with E-state index in [9.17, 15) is 10.1 Å². The number of carbonyl (C=O) groups excluding carboxylic acids is 1. The van der Waals surface area contributed by atoms with Gasteiger partial charge in [0.15, 0.2) is 12.8 Å². The zero-order valence-corrected chi connectivity index (χ0v) is 18.7. The number of nitrogens with two attached hydrogens (primary N) is 2. The number of nitrogens with one attached hydrogen (secondary N) is 2. The molecule has 1 atom stereocenters. The van der Waals surface area contributed by atoms with E-state index < -0.39 is 6.04 Å². The van der Waals surface area contributed by atoms with Gasteiger partial charge in [0.2, 0.25) is 5.96 Å². The fourth-order valence-electron chi connectivity index (χ4n) is 4.13. The van der Waals surface area contributed by atoms with Crippen LogP contribution >= 0.6 is 0 Å². The summed E-state index contributed by atoms with van der Waals surface area (Å²) < 4.78 is 5.95. The predicted octanol–water partition coefficient (Wildman–Crippen LogP) is 1.70. The molecule has 0 bridgehead atoms. The van der Waals surface area contributed by atoms with Gasteiger partial charge in [-0.2, -0.15) is 10.5 Å². The van der Waals surface area contributed by atoms with Crippen molar-refractivity contribution in [2.45, 2.75) is 25.8 Å². The standard InChI is InChI=1S/C23H25N9O2/c1-13-6-8-32(9-7-13)17(33)11-34-16-5-3-2-4-14(16)20-18-19(26)15(10-24)21(27)30-22(18)31-23(29-20)28-12-25/h2-5,13,20H,6-9,11H2,1H3,(H6,26,27,28,29,30,31). The Morgan fingerprint density at radius 3 is 2.74 bits per heavy atom. The number of anilines is 3. The number of likely N-dealkylation sites (tertiary alicyclic amines) is 1. The normalized spacial score (nSPS) is 17.4. The number of carbonyl (C=O) groups is 1. The van der Waals surface area contributed by atoms with Crippen molar-refractivity contribution >= 4 is 29.2 Å². The van der Waals surface area contributed by atoms with Gasteiger partial charge in [-0.25, -0.2) is 9.98 Å². The number of hydrogen-bond donors (Lipinski definition) is 4. The van der Waals surface area contributed by atoms with Crippen LogP contribution in [0.15, 0.2) is 29.3 Å². The van der Waals surface area contributed by atoms with Gasteiger partial charge in [0.1, 0.15) is 35.1 Å². The summed E-state index contributed by atoms with van der Waals surface area (Å²) in [6, 6.07) is 8.34. The van der Waals surface area contributed by atoms with Gasteiger partial charge in [-0.1, -0.05) is 25.1 Å². The van der Waals surface area contributed by atoms with Gasteiger partial charge >= 0.3 is 0 Å². The molecule has 1 amide bonds. The van der Waals surface area contributed by atoms with Gasteiger partial charge in [0.25, 0.3) is 5.91 Å². The summed E-state index contributed by atoms with van der Waals surface area (Å²) in [6.07, 6.45) is 3.78. The number of para-hydroxylation sites is 1. The molecule has 3 heterocycles. The third kappa shape index (κ3) is 4.36. The van der Waals surface area contributed by atoms with Crippen LogP contribution in [0.2, 0.25) is 0 Å². The van der Waals surface area contributed by atoms with Gasteiger partial charge in [-0.15, -0.1) is 0 Å². The Morgan fingerprint density at radius 2 is 2.03 bits per heavy atom. The van der Waals surface area contributed by atoms with Crippen molar-refractivity contribution < 1.29 is 9.53 Å². The number of pyridine rings is 1. The quantitative estimate of drug-likeness (QED) is 0.391. The highest BCUT2D eigenvalue weighted by molar-refractivity contribution is 5.98. The topological polar surface area (TPSA) is 178 Å². The van der Waals surface area contributed by atoms with E-state index in [2.05, 4.69) is 27.5 Å². The number of aromatic nitrogens is 1. The van der Waals surface area contributed by atoms with Crippen molar-refractivity contribution in [2.24, 2.45) is 10.9 Å². The minimum atomic E-state index is -0.755. The summed E-state index contributed by atoms with van der Waals surface area (Å²) in [4.78, 5) is 23.4. The summed E-state index contributed by atoms with van der Waals surface area (Å²) in [5, 5.41) is 23.9. The highest BCUT2D eigenvalue weighted by Crippen LogP contribution is 2.43. The Bertz CT molecular complexity index is 1220. The maximum atomic E-state index is 12.7. The number of benzene rings is 1. The number of nitrogen functional groups attached to an aromatic ring is 2. The van der Waals surface area contributed by atoms with E-state index in [-0.39, 0.29) is 41.4 Å². The van der Waals surface area contributed by atoms with Crippen molar-refractivity contribution in [3.8, 4) is 18.0 Å². The fraction of sp³-hybridized carbons (Fsp3) is 0.348. The number of guanidine groups is 1. The second-order valence-corrected chi connectivity index (χ2v) is 8.29. The monoisotopic (exact) mass is 459 g/mol. The fourth-order valence-corrected chi connectivity index (χ4v) is 4.13. The zero-order valence-electron chi connectivity index (χ0n) is 18.7. The minimum Gasteiger partial charge on any atom is -0.483 e. The largest absolute Gasteiger partial charge is 0.483 e. The molecule has 2 aliphatic heterocycles. The first-order chi connectivity index (χ1) is 16.4. The van der Waals surface area contributed by atoms with Gasteiger partial charge in [0.05, 0.1) is 5.69 Å². The Balaban J connectivity index is 1.67. The Kier molecular flexibility index (Phi) is 6.37. The number of rotatable bonds is 4. The number of ether oxygens (including phenoxy) is 1. The SMILES string of the molecule is CC1CCN(C(=O)COc2ccccc2C2N=C(NC#N)Nc3nc(N)c(C#N)c(N)c32)CC1. The van der Waals surface area contributed by atoms with Crippen LogP contribution in [-0.4, -0.2) is 41.4 Å². The maximum Gasteiger partial charge on any atom is 0.260 e. The van der Waals surface area contributed by atoms with Crippen LogP contribution in [0.4, 0.5) is 17.3 Å². The van der Waals surface area contributed by atoms with E-state index >= 15 is 0 Å². The van der Waals surface area contributed by atoms with E-state index in [0.29, 0.717) is 22.8 Å². The molecule has 1 unspecified atom stereocenters. The molecule has 34 heavy (non-hydrogen) atoms. The molecule has 1 aromatic heterocycles. The van der Waals surface area contributed by atoms with Crippen molar-refractivity contribution in [2.75, 3.05) is 36.5 Å². The third-order valence-corrected chi connectivity index (χ3v) is 6.06. The van der Waals surface area contributed by atoms with Crippen molar-refractivity contribution in [1.29, 1.82) is 10.5 Å². The van der Waals surface area contributed by atoms with E-state index in [1.165, 1.54) is 0 Å². The highest BCUT2D eigenvalue weighted by atomic mass is 16.5. The Hall–Kier alpha value is -4.51. The first-order valence-corrected chi connectivity index (χ1v) is 10.9. The molecule has 2 aliphatic rings. The average molecular weight is 460 g/mol. The number of piperidine rings is 1. The van der Waals surface area contributed by atoms with Crippen LogP contribution in [0, 0.1) is 28.7 Å². The lowest BCUT2D eigenvalue weighted by Crippen LogP contribution is -2.40. The van der Waals surface area contributed by atoms with Crippen LogP contribution in [0.1, 0.15) is 42.5 Å². The van der Waals surface area contributed by atoms with Crippen LogP contribution in [-0.2, 0) is 4.79 Å². The number of hydrogen-bond acceptors (Lipinski definition) is 10. The molecule has 0 radical (unpaired) electrons. The number of amides is 1. The number of fused-ring (bicyclic) bond motifs is 1. The van der Waals surface area contributed by atoms with E-state index in [1.54, 1.807) is 24.3 Å². The van der Waals surface area contributed by atoms with Gasteiger partial charge in [-0.3, -0.25) is 10.1 Å². The van der Waals surface area contributed by atoms with Gasteiger partial charge < -0.3 is 26.4 Å². The lowest BCUT2D eigenvalue weighted by Gasteiger charge is -2.30. The lowest BCUT2D eigenvalue weighted by molar-refractivity contribution is -0.134.